The molecule has 0 aliphatic heterocycles. The lowest BCUT2D eigenvalue weighted by Gasteiger charge is -2.11. The van der Waals surface area contributed by atoms with Gasteiger partial charge in [-0.2, -0.15) is 0 Å². The number of alkyl halides is 1. The number of methoxy groups -OCH3 is 1. The summed E-state index contributed by atoms with van der Waals surface area (Å²) < 4.78 is 5.31. The SMILES string of the molecule is COc1ccsc1C(Cl)Cc1ccc(C)c(C)c1. The summed E-state index contributed by atoms with van der Waals surface area (Å²) in [5.41, 5.74) is 3.90. The Balaban J connectivity index is 2.16. The van der Waals surface area contributed by atoms with Crippen molar-refractivity contribution in [1.82, 2.24) is 0 Å². The third kappa shape index (κ3) is 2.88. The zero-order valence-corrected chi connectivity index (χ0v) is 12.4. The van der Waals surface area contributed by atoms with Crippen molar-refractivity contribution in [2.75, 3.05) is 7.11 Å². The molecule has 1 nitrogen and oxygen atoms in total. The summed E-state index contributed by atoms with van der Waals surface area (Å²) in [5, 5.41) is 1.99. The predicted octanol–water partition coefficient (Wildman–Crippen LogP) is 4.90. The van der Waals surface area contributed by atoms with E-state index < -0.39 is 0 Å². The fourth-order valence-electron chi connectivity index (χ4n) is 1.94. The Bertz CT molecular complexity index is 533. The van der Waals surface area contributed by atoms with E-state index in [4.69, 9.17) is 16.3 Å². The van der Waals surface area contributed by atoms with Gasteiger partial charge >= 0.3 is 0 Å². The first-order chi connectivity index (χ1) is 8.61. The minimum absolute atomic E-state index is 0.0259. The summed E-state index contributed by atoms with van der Waals surface area (Å²) in [7, 11) is 1.69. The van der Waals surface area contributed by atoms with Gasteiger partial charge in [-0.25, -0.2) is 0 Å². The van der Waals surface area contributed by atoms with E-state index >= 15 is 0 Å². The van der Waals surface area contributed by atoms with Crippen LogP contribution in [0.3, 0.4) is 0 Å². The van der Waals surface area contributed by atoms with E-state index in [9.17, 15) is 0 Å². The van der Waals surface area contributed by atoms with Crippen LogP contribution in [-0.4, -0.2) is 7.11 Å². The van der Waals surface area contributed by atoms with E-state index in [0.717, 1.165) is 17.0 Å². The van der Waals surface area contributed by atoms with Gasteiger partial charge in [0.25, 0.3) is 0 Å². The van der Waals surface area contributed by atoms with Crippen LogP contribution >= 0.6 is 22.9 Å². The summed E-state index contributed by atoms with van der Waals surface area (Å²) in [6, 6.07) is 8.48. The summed E-state index contributed by atoms with van der Waals surface area (Å²) in [6.45, 7) is 4.26. The Morgan fingerprint density at radius 3 is 2.67 bits per heavy atom. The Hall–Kier alpha value is -0.990. The molecule has 0 aliphatic rings. The van der Waals surface area contributed by atoms with Crippen LogP contribution < -0.4 is 4.74 Å². The van der Waals surface area contributed by atoms with Crippen molar-refractivity contribution >= 4 is 22.9 Å². The molecule has 2 aromatic rings. The predicted molar refractivity (Wildman–Crippen MR) is 79.1 cm³/mol. The van der Waals surface area contributed by atoms with Crippen molar-refractivity contribution in [3.8, 4) is 5.75 Å². The van der Waals surface area contributed by atoms with Crippen molar-refractivity contribution in [3.05, 3.63) is 51.2 Å². The van der Waals surface area contributed by atoms with E-state index in [1.807, 2.05) is 11.4 Å². The second-order valence-electron chi connectivity index (χ2n) is 4.44. The Kier molecular flexibility index (Phi) is 4.31. The Labute approximate surface area is 117 Å². The van der Waals surface area contributed by atoms with Crippen LogP contribution in [-0.2, 0) is 6.42 Å². The number of hydrogen-bond donors (Lipinski definition) is 0. The third-order valence-corrected chi connectivity index (χ3v) is 4.66. The molecule has 1 heterocycles. The fraction of sp³-hybridized carbons (Fsp3) is 0.333. The molecule has 1 atom stereocenters. The summed E-state index contributed by atoms with van der Waals surface area (Å²) in [6.07, 6.45) is 0.833. The molecule has 96 valence electrons. The van der Waals surface area contributed by atoms with Crippen LogP contribution in [0.4, 0.5) is 0 Å². The first-order valence-corrected chi connectivity index (χ1v) is 7.25. The van der Waals surface area contributed by atoms with Crippen molar-refractivity contribution in [1.29, 1.82) is 0 Å². The van der Waals surface area contributed by atoms with Crippen LogP contribution in [0.2, 0.25) is 0 Å². The quantitative estimate of drug-likeness (QED) is 0.724. The smallest absolute Gasteiger partial charge is 0.134 e. The maximum absolute atomic E-state index is 6.49. The van der Waals surface area contributed by atoms with Crippen LogP contribution in [0.25, 0.3) is 0 Å². The van der Waals surface area contributed by atoms with Gasteiger partial charge in [0.05, 0.1) is 17.4 Å². The van der Waals surface area contributed by atoms with Gasteiger partial charge in [-0.15, -0.1) is 22.9 Å². The molecule has 0 spiro atoms. The van der Waals surface area contributed by atoms with Crippen molar-refractivity contribution in [3.63, 3.8) is 0 Å². The van der Waals surface area contributed by atoms with Gasteiger partial charge in [0.1, 0.15) is 5.75 Å². The Morgan fingerprint density at radius 2 is 2.00 bits per heavy atom. The number of aryl methyl sites for hydroxylation is 2. The average Bonchev–Trinajstić information content (AvgIpc) is 2.82. The number of halogens is 1. The highest BCUT2D eigenvalue weighted by atomic mass is 35.5. The van der Waals surface area contributed by atoms with Gasteiger partial charge in [0, 0.05) is 0 Å². The minimum atomic E-state index is -0.0259. The molecule has 2 rings (SSSR count). The average molecular weight is 281 g/mol. The molecule has 0 saturated carbocycles. The molecule has 3 heteroatoms. The van der Waals surface area contributed by atoms with E-state index in [1.54, 1.807) is 18.4 Å². The van der Waals surface area contributed by atoms with Gasteiger partial charge in [-0.3, -0.25) is 0 Å². The van der Waals surface area contributed by atoms with E-state index in [-0.39, 0.29) is 5.38 Å². The highest BCUT2D eigenvalue weighted by molar-refractivity contribution is 7.10. The lowest BCUT2D eigenvalue weighted by atomic mass is 10.0. The molecule has 0 saturated heterocycles. The molecule has 0 bridgehead atoms. The van der Waals surface area contributed by atoms with Gasteiger partial charge in [-0.1, -0.05) is 18.2 Å². The second-order valence-corrected chi connectivity index (χ2v) is 5.92. The van der Waals surface area contributed by atoms with Crippen molar-refractivity contribution in [2.24, 2.45) is 0 Å². The van der Waals surface area contributed by atoms with Crippen LogP contribution in [0, 0.1) is 13.8 Å². The fourth-order valence-corrected chi connectivity index (χ4v) is 3.21. The zero-order chi connectivity index (χ0) is 13.1. The van der Waals surface area contributed by atoms with Crippen molar-refractivity contribution in [2.45, 2.75) is 25.6 Å². The third-order valence-electron chi connectivity index (χ3n) is 3.15. The molecule has 0 fully saturated rings. The minimum Gasteiger partial charge on any atom is -0.496 e. The van der Waals surface area contributed by atoms with E-state index in [2.05, 4.69) is 32.0 Å². The molecule has 0 aliphatic carbocycles. The molecule has 1 aromatic heterocycles. The Morgan fingerprint density at radius 1 is 1.22 bits per heavy atom. The van der Waals surface area contributed by atoms with Gasteiger partial charge in [0.2, 0.25) is 0 Å². The van der Waals surface area contributed by atoms with Crippen LogP contribution in [0.15, 0.2) is 29.6 Å². The van der Waals surface area contributed by atoms with Crippen molar-refractivity contribution < 1.29 is 4.74 Å². The zero-order valence-electron chi connectivity index (χ0n) is 10.9. The maximum Gasteiger partial charge on any atom is 0.134 e. The largest absolute Gasteiger partial charge is 0.496 e. The summed E-state index contributed by atoms with van der Waals surface area (Å²) in [4.78, 5) is 1.11. The van der Waals surface area contributed by atoms with E-state index in [0.29, 0.717) is 0 Å². The molecule has 1 aromatic carbocycles. The number of ether oxygens (including phenoxy) is 1. The number of rotatable bonds is 4. The number of thiophene rings is 1. The summed E-state index contributed by atoms with van der Waals surface area (Å²) >= 11 is 8.14. The lowest BCUT2D eigenvalue weighted by molar-refractivity contribution is 0.412. The normalized spacial score (nSPS) is 12.4. The molecule has 1 unspecified atom stereocenters. The van der Waals surface area contributed by atoms with Gasteiger partial charge < -0.3 is 4.74 Å². The first-order valence-electron chi connectivity index (χ1n) is 5.93. The molecule has 0 radical (unpaired) electrons. The maximum atomic E-state index is 6.49. The van der Waals surface area contributed by atoms with Crippen LogP contribution in [0.1, 0.15) is 26.9 Å². The molecular formula is C15H17ClOS. The highest BCUT2D eigenvalue weighted by Crippen LogP contribution is 2.36. The van der Waals surface area contributed by atoms with Gasteiger partial charge in [0.15, 0.2) is 0 Å². The highest BCUT2D eigenvalue weighted by Gasteiger charge is 2.15. The second kappa shape index (κ2) is 5.77. The molecular weight excluding hydrogens is 264 g/mol. The van der Waals surface area contributed by atoms with Gasteiger partial charge in [-0.05, 0) is 48.4 Å². The van der Waals surface area contributed by atoms with Crippen LogP contribution in [0.5, 0.6) is 5.75 Å². The molecule has 0 N–H and O–H groups in total. The standard InChI is InChI=1S/C15H17ClOS/c1-10-4-5-12(8-11(10)2)9-13(16)15-14(17-3)6-7-18-15/h4-8,13H,9H2,1-3H3. The number of benzene rings is 1. The topological polar surface area (TPSA) is 9.23 Å². The molecule has 18 heavy (non-hydrogen) atoms. The lowest BCUT2D eigenvalue weighted by Crippen LogP contribution is -1.97. The van der Waals surface area contributed by atoms with E-state index in [1.165, 1.54) is 16.7 Å². The summed E-state index contributed by atoms with van der Waals surface area (Å²) in [5.74, 6) is 0.892. The first kappa shape index (κ1) is 13.4. The number of hydrogen-bond acceptors (Lipinski definition) is 2. The monoisotopic (exact) mass is 280 g/mol. The molecule has 0 amide bonds.